The number of amides is 2. The second-order valence-electron chi connectivity index (χ2n) is 8.29. The molecular formula is C23H22N2O5S. The number of fused-ring (bicyclic) bond motifs is 5. The van der Waals surface area contributed by atoms with Crippen molar-refractivity contribution in [1.82, 2.24) is 0 Å². The van der Waals surface area contributed by atoms with Crippen LogP contribution in [0.3, 0.4) is 0 Å². The van der Waals surface area contributed by atoms with Crippen LogP contribution in [0.25, 0.3) is 0 Å². The van der Waals surface area contributed by atoms with Gasteiger partial charge in [-0.25, -0.2) is 13.3 Å². The summed E-state index contributed by atoms with van der Waals surface area (Å²) in [6, 6.07) is 13.0. The minimum Gasteiger partial charge on any atom is -0.362 e. The fourth-order valence-corrected chi connectivity index (χ4v) is 5.76. The molecule has 0 aromatic heterocycles. The third kappa shape index (κ3) is 3.01. The minimum atomic E-state index is -3.80. The number of hydrogen-bond donors (Lipinski definition) is 1. The molecule has 7 nitrogen and oxygen atoms in total. The van der Waals surface area contributed by atoms with Crippen LogP contribution in [0.5, 0.6) is 0 Å². The third-order valence-corrected chi connectivity index (χ3v) is 7.75. The molecule has 5 rings (SSSR count). The van der Waals surface area contributed by atoms with Gasteiger partial charge in [-0.2, -0.15) is 0 Å². The van der Waals surface area contributed by atoms with Gasteiger partial charge in [0.25, 0.3) is 10.0 Å². The Labute approximate surface area is 180 Å². The summed E-state index contributed by atoms with van der Waals surface area (Å²) in [6.07, 6.45) is 4.16. The first-order chi connectivity index (χ1) is 14.7. The highest BCUT2D eigenvalue weighted by Gasteiger charge is 2.66. The fourth-order valence-electron chi connectivity index (χ4n) is 4.70. The van der Waals surface area contributed by atoms with Gasteiger partial charge >= 0.3 is 0 Å². The van der Waals surface area contributed by atoms with E-state index in [1.165, 1.54) is 24.3 Å². The molecule has 2 aromatic rings. The molecule has 3 aliphatic rings. The summed E-state index contributed by atoms with van der Waals surface area (Å²) in [4.78, 5) is 27.2. The van der Waals surface area contributed by atoms with E-state index in [2.05, 4.69) is 4.72 Å². The molecule has 31 heavy (non-hydrogen) atoms. The molecule has 0 saturated carbocycles. The van der Waals surface area contributed by atoms with Gasteiger partial charge in [0, 0.05) is 5.69 Å². The van der Waals surface area contributed by atoms with E-state index in [4.69, 9.17) is 4.74 Å². The van der Waals surface area contributed by atoms with E-state index in [-0.39, 0.29) is 22.8 Å². The number of imide groups is 1. The van der Waals surface area contributed by atoms with Crippen LogP contribution >= 0.6 is 0 Å². The van der Waals surface area contributed by atoms with Crippen molar-refractivity contribution < 1.29 is 22.7 Å². The number of carbonyl (C=O) groups is 2. The molecule has 2 fully saturated rings. The zero-order valence-corrected chi connectivity index (χ0v) is 17.9. The lowest BCUT2D eigenvalue weighted by Crippen LogP contribution is -2.38. The largest absolute Gasteiger partial charge is 0.362 e. The van der Waals surface area contributed by atoms with Crippen LogP contribution in [-0.2, 0) is 30.8 Å². The molecule has 2 aromatic carbocycles. The highest BCUT2D eigenvalue weighted by molar-refractivity contribution is 7.92. The summed E-state index contributed by atoms with van der Waals surface area (Å²) in [5, 5.41) is 0. The average molecular weight is 439 g/mol. The molecule has 8 heteroatoms. The molecular weight excluding hydrogens is 416 g/mol. The first-order valence-corrected chi connectivity index (χ1v) is 11.7. The molecule has 3 aliphatic heterocycles. The van der Waals surface area contributed by atoms with Crippen molar-refractivity contribution in [2.45, 2.75) is 36.9 Å². The van der Waals surface area contributed by atoms with Gasteiger partial charge in [-0.1, -0.05) is 31.2 Å². The van der Waals surface area contributed by atoms with E-state index in [0.717, 1.165) is 16.9 Å². The number of hydrogen-bond acceptors (Lipinski definition) is 5. The zero-order valence-electron chi connectivity index (χ0n) is 17.1. The molecule has 2 amide bonds. The predicted octanol–water partition coefficient (Wildman–Crippen LogP) is 2.88. The van der Waals surface area contributed by atoms with Gasteiger partial charge in [0.2, 0.25) is 11.8 Å². The van der Waals surface area contributed by atoms with Crippen molar-refractivity contribution in [3.63, 3.8) is 0 Å². The number of ether oxygens (including phenoxy) is 1. The quantitative estimate of drug-likeness (QED) is 0.572. The Balaban J connectivity index is 1.38. The molecule has 0 radical (unpaired) electrons. The Bertz CT molecular complexity index is 1200. The lowest BCUT2D eigenvalue weighted by Gasteiger charge is -2.24. The van der Waals surface area contributed by atoms with Crippen molar-refractivity contribution in [3.05, 3.63) is 66.2 Å². The summed E-state index contributed by atoms with van der Waals surface area (Å²) in [7, 11) is -3.80. The van der Waals surface area contributed by atoms with Crippen LogP contribution in [0.15, 0.2) is 65.6 Å². The highest BCUT2D eigenvalue weighted by atomic mass is 32.2. The van der Waals surface area contributed by atoms with E-state index in [0.29, 0.717) is 11.4 Å². The van der Waals surface area contributed by atoms with Crippen LogP contribution in [0.2, 0.25) is 0 Å². The summed E-state index contributed by atoms with van der Waals surface area (Å²) >= 11 is 0. The topological polar surface area (TPSA) is 92.8 Å². The van der Waals surface area contributed by atoms with E-state index < -0.39 is 27.5 Å². The van der Waals surface area contributed by atoms with E-state index in [9.17, 15) is 18.0 Å². The van der Waals surface area contributed by atoms with Crippen LogP contribution < -0.4 is 9.62 Å². The maximum absolute atomic E-state index is 13.0. The lowest BCUT2D eigenvalue weighted by atomic mass is 9.78. The molecule has 4 atom stereocenters. The monoisotopic (exact) mass is 438 g/mol. The number of rotatable bonds is 5. The van der Waals surface area contributed by atoms with Crippen molar-refractivity contribution in [2.75, 3.05) is 9.62 Å². The zero-order chi connectivity index (χ0) is 22.0. The second-order valence-corrected chi connectivity index (χ2v) is 9.97. The summed E-state index contributed by atoms with van der Waals surface area (Å²) < 4.78 is 33.8. The Morgan fingerprint density at radius 2 is 1.71 bits per heavy atom. The number of aryl methyl sites for hydroxylation is 1. The molecule has 0 aliphatic carbocycles. The smallest absolute Gasteiger partial charge is 0.261 e. The molecule has 3 heterocycles. The van der Waals surface area contributed by atoms with Gasteiger partial charge in [-0.05, 0) is 55.3 Å². The first kappa shape index (κ1) is 20.0. The molecule has 0 spiro atoms. The van der Waals surface area contributed by atoms with E-state index >= 15 is 0 Å². The third-order valence-electron chi connectivity index (χ3n) is 6.35. The number of carbonyl (C=O) groups excluding carboxylic acids is 2. The molecule has 2 bridgehead atoms. The van der Waals surface area contributed by atoms with Gasteiger partial charge < -0.3 is 4.74 Å². The average Bonchev–Trinajstić information content (AvgIpc) is 3.36. The molecule has 2 unspecified atom stereocenters. The van der Waals surface area contributed by atoms with E-state index in [1.807, 2.05) is 38.1 Å². The van der Waals surface area contributed by atoms with Crippen molar-refractivity contribution in [1.29, 1.82) is 0 Å². The highest BCUT2D eigenvalue weighted by Crippen LogP contribution is 2.52. The summed E-state index contributed by atoms with van der Waals surface area (Å²) in [5.74, 6) is -1.70. The molecule has 1 N–H and O–H groups in total. The Hall–Kier alpha value is -2.97. The van der Waals surface area contributed by atoms with Gasteiger partial charge in [0.05, 0.1) is 34.1 Å². The first-order valence-electron chi connectivity index (χ1n) is 10.2. The lowest BCUT2D eigenvalue weighted by molar-refractivity contribution is -0.126. The van der Waals surface area contributed by atoms with Crippen LogP contribution in [0.1, 0.15) is 19.4 Å². The van der Waals surface area contributed by atoms with Gasteiger partial charge in [0.1, 0.15) is 0 Å². The maximum Gasteiger partial charge on any atom is 0.261 e. The molecule has 160 valence electrons. The second kappa shape index (κ2) is 6.77. The Morgan fingerprint density at radius 3 is 2.32 bits per heavy atom. The van der Waals surface area contributed by atoms with Crippen molar-refractivity contribution >= 4 is 33.2 Å². The van der Waals surface area contributed by atoms with Crippen LogP contribution in [0.4, 0.5) is 11.4 Å². The number of anilines is 2. The maximum atomic E-state index is 13.0. The SMILES string of the molecule is CCc1ccc(NS(=O)(=O)c2ccc(N3C(=O)C4C(C3=O)[C@]3(C)C=C[C@H]4O3)cc2)cc1. The number of sulfonamides is 1. The van der Waals surface area contributed by atoms with Crippen molar-refractivity contribution in [2.24, 2.45) is 11.8 Å². The van der Waals surface area contributed by atoms with Crippen LogP contribution in [-0.4, -0.2) is 31.9 Å². The Morgan fingerprint density at radius 1 is 1.03 bits per heavy atom. The van der Waals surface area contributed by atoms with Crippen LogP contribution in [0, 0.1) is 11.8 Å². The Kier molecular flexibility index (Phi) is 4.36. The number of nitrogens with zero attached hydrogens (tertiary/aromatic N) is 1. The fraction of sp³-hybridized carbons (Fsp3) is 0.304. The van der Waals surface area contributed by atoms with Gasteiger partial charge in [0.15, 0.2) is 0 Å². The summed E-state index contributed by atoms with van der Waals surface area (Å²) in [5.41, 5.74) is 1.17. The predicted molar refractivity (Wildman–Crippen MR) is 115 cm³/mol. The van der Waals surface area contributed by atoms with Gasteiger partial charge in [-0.15, -0.1) is 0 Å². The standard InChI is InChI=1S/C23H22N2O5S/c1-3-14-4-6-15(7-5-14)24-31(28,29)17-10-8-16(9-11-17)25-21(26)19-18-12-13-23(2,30-18)20(19)22(25)27/h4-13,18-20,24H,3H2,1-2H3/t18-,19?,20?,23+/m1/s1. The normalized spacial score (nSPS) is 29.0. The minimum absolute atomic E-state index is 0.0483. The summed E-state index contributed by atoms with van der Waals surface area (Å²) in [6.45, 7) is 3.84. The van der Waals surface area contributed by atoms with E-state index in [1.54, 1.807) is 12.1 Å². The van der Waals surface area contributed by atoms with Gasteiger partial charge in [-0.3, -0.25) is 14.3 Å². The number of nitrogens with one attached hydrogen (secondary N) is 1. The van der Waals surface area contributed by atoms with Crippen molar-refractivity contribution in [3.8, 4) is 0 Å². The number of benzene rings is 2. The molecule has 2 saturated heterocycles.